The second-order valence-electron chi connectivity index (χ2n) is 5.19. The summed E-state index contributed by atoms with van der Waals surface area (Å²) in [5.74, 6) is 0.125. The van der Waals surface area contributed by atoms with Crippen molar-refractivity contribution in [3.05, 3.63) is 0 Å². The maximum Gasteiger partial charge on any atom is 0.234 e. The molecule has 0 aromatic carbocycles. The van der Waals surface area contributed by atoms with Crippen LogP contribution in [0.4, 0.5) is 0 Å². The first-order chi connectivity index (χ1) is 7.62. The molecular formula is C13H26N2O. The molecule has 0 saturated heterocycles. The van der Waals surface area contributed by atoms with Gasteiger partial charge >= 0.3 is 0 Å². The molecule has 0 spiro atoms. The molecule has 0 bridgehead atoms. The summed E-state index contributed by atoms with van der Waals surface area (Å²) in [4.78, 5) is 11.5. The van der Waals surface area contributed by atoms with Crippen molar-refractivity contribution in [2.75, 3.05) is 13.1 Å². The lowest BCUT2D eigenvalue weighted by molar-refractivity contribution is -0.121. The number of rotatable bonds is 7. The number of carbonyl (C=O) groups excluding carboxylic acids is 1. The van der Waals surface area contributed by atoms with Crippen molar-refractivity contribution in [1.29, 1.82) is 0 Å². The van der Waals surface area contributed by atoms with Gasteiger partial charge in [0.2, 0.25) is 5.91 Å². The Morgan fingerprint density at radius 3 is 2.50 bits per heavy atom. The minimum atomic E-state index is 0.125. The topological polar surface area (TPSA) is 41.1 Å². The largest absolute Gasteiger partial charge is 0.353 e. The van der Waals surface area contributed by atoms with Crippen LogP contribution in [0.3, 0.4) is 0 Å². The third kappa shape index (κ3) is 3.78. The zero-order valence-electron chi connectivity index (χ0n) is 10.9. The third-order valence-electron chi connectivity index (χ3n) is 3.97. The predicted octanol–water partition coefficient (Wildman–Crippen LogP) is 2.07. The molecule has 16 heavy (non-hydrogen) atoms. The molecule has 3 heteroatoms. The van der Waals surface area contributed by atoms with E-state index in [-0.39, 0.29) is 11.9 Å². The summed E-state index contributed by atoms with van der Waals surface area (Å²) >= 11 is 0. The Morgan fingerprint density at radius 2 is 2.06 bits per heavy atom. The monoisotopic (exact) mass is 226 g/mol. The molecular weight excluding hydrogens is 200 g/mol. The number of carbonyl (C=O) groups is 1. The highest BCUT2D eigenvalue weighted by molar-refractivity contribution is 5.78. The number of amides is 1. The van der Waals surface area contributed by atoms with Crippen molar-refractivity contribution < 1.29 is 4.79 Å². The van der Waals surface area contributed by atoms with Crippen LogP contribution >= 0.6 is 0 Å². The zero-order valence-corrected chi connectivity index (χ0v) is 10.9. The van der Waals surface area contributed by atoms with Crippen LogP contribution in [0, 0.1) is 5.41 Å². The van der Waals surface area contributed by atoms with Crippen molar-refractivity contribution in [1.82, 2.24) is 10.6 Å². The molecule has 1 amide bonds. The first-order valence-electron chi connectivity index (χ1n) is 6.62. The van der Waals surface area contributed by atoms with E-state index in [0.717, 1.165) is 13.0 Å². The first kappa shape index (κ1) is 13.5. The van der Waals surface area contributed by atoms with Crippen LogP contribution in [-0.2, 0) is 4.79 Å². The Kier molecular flexibility index (Phi) is 5.26. The Labute approximate surface area is 99.4 Å². The van der Waals surface area contributed by atoms with Gasteiger partial charge in [-0.25, -0.2) is 0 Å². The summed E-state index contributed by atoms with van der Waals surface area (Å²) in [7, 11) is 0. The van der Waals surface area contributed by atoms with Crippen LogP contribution < -0.4 is 10.6 Å². The summed E-state index contributed by atoms with van der Waals surface area (Å²) in [6.45, 7) is 7.83. The van der Waals surface area contributed by atoms with Gasteiger partial charge in [0.1, 0.15) is 0 Å². The van der Waals surface area contributed by atoms with E-state index in [0.29, 0.717) is 12.0 Å². The normalized spacial score (nSPS) is 19.9. The van der Waals surface area contributed by atoms with Crippen LogP contribution in [0.5, 0.6) is 0 Å². The quantitative estimate of drug-likeness (QED) is 0.698. The van der Waals surface area contributed by atoms with Gasteiger partial charge < -0.3 is 10.6 Å². The fraction of sp³-hybridized carbons (Fsp3) is 0.923. The summed E-state index contributed by atoms with van der Waals surface area (Å²) in [6, 6.07) is 0.290. The highest BCUT2D eigenvalue weighted by Crippen LogP contribution is 2.42. The minimum Gasteiger partial charge on any atom is -0.353 e. The maximum absolute atomic E-state index is 11.5. The standard InChI is InChI=1S/C13H26N2O/c1-4-11(3)15-12(16)9-14-10-13(5-2)7-6-8-13/h11,14H,4-10H2,1-3H3,(H,15,16). The lowest BCUT2D eigenvalue weighted by Crippen LogP contribution is -2.44. The number of nitrogens with one attached hydrogen (secondary N) is 2. The first-order valence-corrected chi connectivity index (χ1v) is 6.62. The summed E-state index contributed by atoms with van der Waals surface area (Å²) < 4.78 is 0. The predicted molar refractivity (Wildman–Crippen MR) is 67.3 cm³/mol. The van der Waals surface area contributed by atoms with Crippen LogP contribution in [0.2, 0.25) is 0 Å². The molecule has 3 nitrogen and oxygen atoms in total. The van der Waals surface area contributed by atoms with E-state index in [1.54, 1.807) is 0 Å². The molecule has 0 heterocycles. The highest BCUT2D eigenvalue weighted by Gasteiger charge is 2.34. The summed E-state index contributed by atoms with van der Waals surface area (Å²) in [5, 5.41) is 6.26. The highest BCUT2D eigenvalue weighted by atomic mass is 16.1. The molecule has 1 rings (SSSR count). The van der Waals surface area contributed by atoms with E-state index >= 15 is 0 Å². The zero-order chi connectivity index (χ0) is 12.0. The average molecular weight is 226 g/mol. The second kappa shape index (κ2) is 6.24. The van der Waals surface area contributed by atoms with E-state index in [9.17, 15) is 4.79 Å². The van der Waals surface area contributed by atoms with Crippen LogP contribution in [0.1, 0.15) is 52.9 Å². The lowest BCUT2D eigenvalue weighted by atomic mass is 9.67. The molecule has 1 fully saturated rings. The van der Waals surface area contributed by atoms with Gasteiger partial charge in [-0.15, -0.1) is 0 Å². The second-order valence-corrected chi connectivity index (χ2v) is 5.19. The van der Waals surface area contributed by atoms with E-state index in [1.807, 2.05) is 6.92 Å². The van der Waals surface area contributed by atoms with Crippen LogP contribution in [0.25, 0.3) is 0 Å². The van der Waals surface area contributed by atoms with Gasteiger partial charge in [0, 0.05) is 12.6 Å². The van der Waals surface area contributed by atoms with Crippen molar-refractivity contribution in [2.24, 2.45) is 5.41 Å². The minimum absolute atomic E-state index is 0.125. The Bertz CT molecular complexity index is 218. The van der Waals surface area contributed by atoms with Gasteiger partial charge in [0.25, 0.3) is 0 Å². The van der Waals surface area contributed by atoms with Gasteiger partial charge in [0.15, 0.2) is 0 Å². The molecule has 1 atom stereocenters. The van der Waals surface area contributed by atoms with Crippen LogP contribution in [0.15, 0.2) is 0 Å². The fourth-order valence-corrected chi connectivity index (χ4v) is 2.20. The van der Waals surface area contributed by atoms with Crippen molar-refractivity contribution in [2.45, 2.75) is 58.9 Å². The molecule has 0 aromatic heterocycles. The molecule has 1 unspecified atom stereocenters. The fourth-order valence-electron chi connectivity index (χ4n) is 2.20. The van der Waals surface area contributed by atoms with E-state index in [1.165, 1.54) is 25.7 Å². The molecule has 0 radical (unpaired) electrons. The maximum atomic E-state index is 11.5. The van der Waals surface area contributed by atoms with E-state index < -0.39 is 0 Å². The van der Waals surface area contributed by atoms with Crippen molar-refractivity contribution >= 4 is 5.91 Å². The molecule has 1 saturated carbocycles. The molecule has 1 aliphatic rings. The molecule has 0 aliphatic heterocycles. The van der Waals surface area contributed by atoms with Gasteiger partial charge in [-0.2, -0.15) is 0 Å². The van der Waals surface area contributed by atoms with E-state index in [4.69, 9.17) is 0 Å². The number of hydrogen-bond acceptors (Lipinski definition) is 2. The third-order valence-corrected chi connectivity index (χ3v) is 3.97. The van der Waals surface area contributed by atoms with E-state index in [2.05, 4.69) is 24.5 Å². The molecule has 1 aliphatic carbocycles. The summed E-state index contributed by atoms with van der Waals surface area (Å²) in [5.41, 5.74) is 0.497. The summed E-state index contributed by atoms with van der Waals surface area (Å²) in [6.07, 6.45) is 6.22. The Balaban J connectivity index is 2.12. The van der Waals surface area contributed by atoms with Crippen LogP contribution in [-0.4, -0.2) is 25.0 Å². The molecule has 94 valence electrons. The molecule has 0 aromatic rings. The molecule has 2 N–H and O–H groups in total. The smallest absolute Gasteiger partial charge is 0.234 e. The van der Waals surface area contributed by atoms with Gasteiger partial charge in [-0.1, -0.05) is 20.3 Å². The van der Waals surface area contributed by atoms with Crippen molar-refractivity contribution in [3.63, 3.8) is 0 Å². The van der Waals surface area contributed by atoms with Gasteiger partial charge in [-0.05, 0) is 38.0 Å². The lowest BCUT2D eigenvalue weighted by Gasteiger charge is -2.41. The SMILES string of the molecule is CCC(C)NC(=O)CNCC1(CC)CCC1. The average Bonchev–Trinajstić information content (AvgIpc) is 2.22. The Morgan fingerprint density at radius 1 is 1.38 bits per heavy atom. The van der Waals surface area contributed by atoms with Gasteiger partial charge in [-0.3, -0.25) is 4.79 Å². The van der Waals surface area contributed by atoms with Gasteiger partial charge in [0.05, 0.1) is 6.54 Å². The number of hydrogen-bond donors (Lipinski definition) is 2. The Hall–Kier alpha value is -0.570. The van der Waals surface area contributed by atoms with Crippen molar-refractivity contribution in [3.8, 4) is 0 Å².